The molecule has 0 amide bonds. The van der Waals surface area contributed by atoms with Gasteiger partial charge in [-0.25, -0.2) is 8.78 Å². The number of hydrogen-bond acceptors (Lipinski definition) is 1. The first-order valence-electron chi connectivity index (χ1n) is 6.32. The first kappa shape index (κ1) is 15.4. The predicted octanol–water partition coefficient (Wildman–Crippen LogP) is 3.66. The molecule has 0 unspecified atom stereocenters. The van der Waals surface area contributed by atoms with Crippen molar-refractivity contribution in [3.63, 3.8) is 0 Å². The number of piperidine rings is 1. The van der Waals surface area contributed by atoms with Crippen molar-refractivity contribution in [3.8, 4) is 0 Å². The van der Waals surface area contributed by atoms with Crippen LogP contribution in [-0.4, -0.2) is 18.8 Å². The summed E-state index contributed by atoms with van der Waals surface area (Å²) in [5.41, 5.74) is 0.106. The van der Waals surface area contributed by atoms with Crippen LogP contribution < -0.4 is 5.32 Å². The van der Waals surface area contributed by atoms with Crippen molar-refractivity contribution in [2.45, 2.75) is 37.8 Å². The summed E-state index contributed by atoms with van der Waals surface area (Å²) in [5.74, 6) is -0.214. The standard InChI is InChI=1S/C14H19F2N.ClH/c15-13-5-3-12(4-6-13)2-1-7-14(16)8-10-17-11-9-14;/h3-6,17H,1-2,7-11H2;1H. The molecule has 2 rings (SSSR count). The molecule has 1 aliphatic rings. The zero-order chi connectivity index (χ0) is 12.1. The molecule has 1 aromatic rings. The van der Waals surface area contributed by atoms with Gasteiger partial charge in [-0.2, -0.15) is 0 Å². The van der Waals surface area contributed by atoms with Crippen LogP contribution in [0.3, 0.4) is 0 Å². The van der Waals surface area contributed by atoms with E-state index in [9.17, 15) is 8.78 Å². The van der Waals surface area contributed by atoms with Crippen molar-refractivity contribution >= 4 is 12.4 Å². The molecule has 4 heteroatoms. The highest BCUT2D eigenvalue weighted by Gasteiger charge is 2.30. The second-order valence-electron chi connectivity index (χ2n) is 4.88. The van der Waals surface area contributed by atoms with E-state index in [0.717, 1.165) is 31.5 Å². The fraction of sp³-hybridized carbons (Fsp3) is 0.571. The number of alkyl halides is 1. The van der Waals surface area contributed by atoms with Crippen molar-refractivity contribution in [1.82, 2.24) is 5.32 Å². The first-order valence-corrected chi connectivity index (χ1v) is 6.32. The molecule has 0 radical (unpaired) electrons. The van der Waals surface area contributed by atoms with E-state index in [1.54, 1.807) is 12.1 Å². The third-order valence-electron chi connectivity index (χ3n) is 3.50. The van der Waals surface area contributed by atoms with Gasteiger partial charge in [0.15, 0.2) is 0 Å². The van der Waals surface area contributed by atoms with Crippen LogP contribution >= 0.6 is 12.4 Å². The van der Waals surface area contributed by atoms with Gasteiger partial charge >= 0.3 is 0 Å². The van der Waals surface area contributed by atoms with E-state index < -0.39 is 5.67 Å². The maximum absolute atomic E-state index is 14.2. The fourth-order valence-corrected chi connectivity index (χ4v) is 2.39. The van der Waals surface area contributed by atoms with Gasteiger partial charge in [-0.05, 0) is 62.9 Å². The van der Waals surface area contributed by atoms with E-state index >= 15 is 0 Å². The molecule has 1 heterocycles. The average molecular weight is 276 g/mol. The smallest absolute Gasteiger partial charge is 0.123 e. The Kier molecular flexibility index (Phi) is 6.03. The molecule has 0 aliphatic carbocycles. The Morgan fingerprint density at radius 2 is 1.72 bits per heavy atom. The molecule has 0 saturated carbocycles. The Morgan fingerprint density at radius 3 is 2.33 bits per heavy atom. The number of hydrogen-bond donors (Lipinski definition) is 1. The minimum Gasteiger partial charge on any atom is -0.316 e. The number of nitrogens with one attached hydrogen (secondary N) is 1. The molecule has 0 bridgehead atoms. The van der Waals surface area contributed by atoms with Crippen LogP contribution in [0.15, 0.2) is 24.3 Å². The van der Waals surface area contributed by atoms with Crippen molar-refractivity contribution < 1.29 is 8.78 Å². The normalized spacial score (nSPS) is 18.1. The van der Waals surface area contributed by atoms with E-state index in [4.69, 9.17) is 0 Å². The number of rotatable bonds is 4. The third-order valence-corrected chi connectivity index (χ3v) is 3.50. The Labute approximate surface area is 113 Å². The lowest BCUT2D eigenvalue weighted by molar-refractivity contribution is 0.102. The van der Waals surface area contributed by atoms with Crippen molar-refractivity contribution in [3.05, 3.63) is 35.6 Å². The summed E-state index contributed by atoms with van der Waals surface area (Å²) in [6.45, 7) is 1.57. The summed E-state index contributed by atoms with van der Waals surface area (Å²) < 4.78 is 26.9. The van der Waals surface area contributed by atoms with Crippen molar-refractivity contribution in [2.24, 2.45) is 0 Å². The minimum absolute atomic E-state index is 0. The number of benzene rings is 1. The predicted molar refractivity (Wildman–Crippen MR) is 72.5 cm³/mol. The summed E-state index contributed by atoms with van der Waals surface area (Å²) in [5, 5.41) is 3.17. The molecule has 1 nitrogen and oxygen atoms in total. The van der Waals surface area contributed by atoms with Gasteiger partial charge in [0.05, 0.1) is 0 Å². The lowest BCUT2D eigenvalue weighted by atomic mass is 9.88. The first-order chi connectivity index (χ1) is 8.18. The quantitative estimate of drug-likeness (QED) is 0.884. The molecule has 0 aromatic heterocycles. The van der Waals surface area contributed by atoms with Gasteiger partial charge < -0.3 is 5.32 Å². The Bertz CT molecular complexity index is 347. The van der Waals surface area contributed by atoms with Gasteiger partial charge in [0, 0.05) is 0 Å². The lowest BCUT2D eigenvalue weighted by Crippen LogP contribution is -2.38. The largest absolute Gasteiger partial charge is 0.316 e. The molecule has 1 fully saturated rings. The van der Waals surface area contributed by atoms with Crippen molar-refractivity contribution in [2.75, 3.05) is 13.1 Å². The highest BCUT2D eigenvalue weighted by atomic mass is 35.5. The van der Waals surface area contributed by atoms with E-state index in [1.165, 1.54) is 12.1 Å². The minimum atomic E-state index is -0.981. The summed E-state index contributed by atoms with van der Waals surface area (Å²) in [7, 11) is 0. The van der Waals surface area contributed by atoms with E-state index in [0.29, 0.717) is 19.3 Å². The molecule has 1 N–H and O–H groups in total. The Hall–Kier alpha value is -0.670. The molecule has 18 heavy (non-hydrogen) atoms. The lowest BCUT2D eigenvalue weighted by Gasteiger charge is -2.30. The summed E-state index contributed by atoms with van der Waals surface area (Å²) >= 11 is 0. The maximum atomic E-state index is 14.2. The molecular formula is C14H20ClF2N. The van der Waals surface area contributed by atoms with E-state index in [2.05, 4.69) is 5.32 Å². The molecule has 0 spiro atoms. The van der Waals surface area contributed by atoms with E-state index in [-0.39, 0.29) is 18.2 Å². The molecule has 1 saturated heterocycles. The van der Waals surface area contributed by atoms with Gasteiger partial charge in [0.1, 0.15) is 11.5 Å². The summed E-state index contributed by atoms with van der Waals surface area (Å²) in [4.78, 5) is 0. The van der Waals surface area contributed by atoms with E-state index in [1.807, 2.05) is 0 Å². The van der Waals surface area contributed by atoms with Crippen LogP contribution in [0, 0.1) is 5.82 Å². The van der Waals surface area contributed by atoms with Gasteiger partial charge in [0.25, 0.3) is 0 Å². The van der Waals surface area contributed by atoms with Crippen LogP contribution in [-0.2, 0) is 6.42 Å². The monoisotopic (exact) mass is 275 g/mol. The van der Waals surface area contributed by atoms with Gasteiger partial charge in [-0.1, -0.05) is 12.1 Å². The Morgan fingerprint density at radius 1 is 1.11 bits per heavy atom. The molecule has 1 aromatic carbocycles. The summed E-state index contributed by atoms with van der Waals surface area (Å²) in [6, 6.07) is 6.49. The third kappa shape index (κ3) is 4.54. The van der Waals surface area contributed by atoms with Crippen LogP contribution in [0.1, 0.15) is 31.2 Å². The fourth-order valence-electron chi connectivity index (χ4n) is 2.39. The van der Waals surface area contributed by atoms with Gasteiger partial charge in [0.2, 0.25) is 0 Å². The van der Waals surface area contributed by atoms with Crippen LogP contribution in [0.2, 0.25) is 0 Å². The number of halogens is 3. The van der Waals surface area contributed by atoms with Crippen LogP contribution in [0.4, 0.5) is 8.78 Å². The molecule has 1 aliphatic heterocycles. The van der Waals surface area contributed by atoms with Crippen LogP contribution in [0.25, 0.3) is 0 Å². The maximum Gasteiger partial charge on any atom is 0.123 e. The zero-order valence-corrected chi connectivity index (χ0v) is 11.2. The Balaban J connectivity index is 0.00000162. The molecular weight excluding hydrogens is 256 g/mol. The van der Waals surface area contributed by atoms with Gasteiger partial charge in [-0.3, -0.25) is 0 Å². The number of aryl methyl sites for hydroxylation is 1. The summed E-state index contributed by atoms with van der Waals surface area (Å²) in [6.07, 6.45) is 3.53. The van der Waals surface area contributed by atoms with Crippen LogP contribution in [0.5, 0.6) is 0 Å². The highest BCUT2D eigenvalue weighted by molar-refractivity contribution is 5.85. The second-order valence-corrected chi connectivity index (χ2v) is 4.88. The zero-order valence-electron chi connectivity index (χ0n) is 10.4. The SMILES string of the molecule is Cl.Fc1ccc(CCCC2(F)CCNCC2)cc1. The topological polar surface area (TPSA) is 12.0 Å². The molecule has 102 valence electrons. The molecule has 0 atom stereocenters. The average Bonchev–Trinajstić information content (AvgIpc) is 2.32. The second kappa shape index (κ2) is 7.05. The van der Waals surface area contributed by atoms with Crippen molar-refractivity contribution in [1.29, 1.82) is 0 Å². The highest BCUT2D eigenvalue weighted by Crippen LogP contribution is 2.29. The van der Waals surface area contributed by atoms with Gasteiger partial charge in [-0.15, -0.1) is 12.4 Å².